The maximum absolute atomic E-state index is 14.1. The van der Waals surface area contributed by atoms with Crippen LogP contribution in [0.4, 0.5) is 14.5 Å². The van der Waals surface area contributed by atoms with Crippen molar-refractivity contribution in [3.63, 3.8) is 0 Å². The molecule has 0 fully saturated rings. The Morgan fingerprint density at radius 1 is 1.32 bits per heavy atom. The minimum Gasteiger partial charge on any atom is -0.383 e. The molecular formula is C14H22F2N2O. The first-order valence-corrected chi connectivity index (χ1v) is 6.48. The molecule has 0 aromatic heterocycles. The number of nitrogens with two attached hydrogens (primary N) is 1. The molecule has 0 aliphatic rings. The molecule has 0 amide bonds. The van der Waals surface area contributed by atoms with Crippen LogP contribution in [-0.2, 0) is 11.2 Å². The summed E-state index contributed by atoms with van der Waals surface area (Å²) in [7, 11) is 1.57. The number of rotatable bonds is 7. The van der Waals surface area contributed by atoms with Crippen molar-refractivity contribution in [3.05, 3.63) is 29.3 Å². The first kappa shape index (κ1) is 15.9. The number of likely N-dealkylation sites (N-methyl/N-ethyl adjacent to an activating group) is 1. The number of nitrogens with zero attached hydrogens (tertiary/aromatic N) is 1. The summed E-state index contributed by atoms with van der Waals surface area (Å²) in [5, 5.41) is 0. The van der Waals surface area contributed by atoms with Gasteiger partial charge < -0.3 is 15.4 Å². The van der Waals surface area contributed by atoms with E-state index in [1.807, 2.05) is 13.8 Å². The van der Waals surface area contributed by atoms with Crippen molar-refractivity contribution in [2.45, 2.75) is 26.3 Å². The molecule has 19 heavy (non-hydrogen) atoms. The van der Waals surface area contributed by atoms with Crippen molar-refractivity contribution in [1.29, 1.82) is 0 Å². The van der Waals surface area contributed by atoms with Crippen LogP contribution < -0.4 is 10.6 Å². The molecule has 0 bridgehead atoms. The lowest BCUT2D eigenvalue weighted by Gasteiger charge is -2.30. The van der Waals surface area contributed by atoms with E-state index in [9.17, 15) is 8.78 Å². The topological polar surface area (TPSA) is 38.5 Å². The van der Waals surface area contributed by atoms with Crippen LogP contribution >= 0.6 is 0 Å². The molecule has 1 aromatic rings. The van der Waals surface area contributed by atoms with Gasteiger partial charge in [0.15, 0.2) is 0 Å². The van der Waals surface area contributed by atoms with E-state index in [-0.39, 0.29) is 11.7 Å². The van der Waals surface area contributed by atoms with Gasteiger partial charge in [-0.15, -0.1) is 0 Å². The van der Waals surface area contributed by atoms with E-state index in [1.165, 1.54) is 12.1 Å². The van der Waals surface area contributed by atoms with Gasteiger partial charge in [0.1, 0.15) is 17.3 Å². The Kier molecular flexibility index (Phi) is 6.18. The highest BCUT2D eigenvalue weighted by Gasteiger charge is 2.21. The zero-order valence-corrected chi connectivity index (χ0v) is 11.7. The molecule has 108 valence electrons. The Hall–Kier alpha value is -1.20. The van der Waals surface area contributed by atoms with E-state index < -0.39 is 11.6 Å². The molecule has 1 aromatic carbocycles. The molecule has 0 saturated heterocycles. The average molecular weight is 272 g/mol. The molecule has 5 heteroatoms. The lowest BCUT2D eigenvalue weighted by atomic mass is 10.1. The monoisotopic (exact) mass is 272 g/mol. The standard InChI is InChI=1S/C14H22F2N2O/c1-4-18(10(2)9-19-3)14-12(15)7-11(5-6-17)8-13(14)16/h7-8,10H,4-6,9,17H2,1-3H3. The molecule has 1 atom stereocenters. The van der Waals surface area contributed by atoms with E-state index in [2.05, 4.69) is 0 Å². The molecule has 0 radical (unpaired) electrons. The summed E-state index contributed by atoms with van der Waals surface area (Å²) in [4.78, 5) is 1.67. The van der Waals surface area contributed by atoms with E-state index >= 15 is 0 Å². The number of ether oxygens (including phenoxy) is 1. The van der Waals surface area contributed by atoms with Gasteiger partial charge in [0, 0.05) is 19.7 Å². The summed E-state index contributed by atoms with van der Waals surface area (Å²) in [5.41, 5.74) is 5.99. The second kappa shape index (κ2) is 7.40. The second-order valence-corrected chi connectivity index (χ2v) is 4.54. The van der Waals surface area contributed by atoms with Crippen LogP contribution in [0.25, 0.3) is 0 Å². The van der Waals surface area contributed by atoms with Crippen LogP contribution in [0.1, 0.15) is 19.4 Å². The lowest BCUT2D eigenvalue weighted by molar-refractivity contribution is 0.181. The van der Waals surface area contributed by atoms with Crippen LogP contribution in [0.3, 0.4) is 0 Å². The molecule has 0 aliphatic carbocycles. The summed E-state index contributed by atoms with van der Waals surface area (Å²) >= 11 is 0. The fraction of sp³-hybridized carbons (Fsp3) is 0.571. The van der Waals surface area contributed by atoms with Crippen LogP contribution in [0.5, 0.6) is 0 Å². The van der Waals surface area contributed by atoms with Gasteiger partial charge in [-0.1, -0.05) is 0 Å². The number of methoxy groups -OCH3 is 1. The average Bonchev–Trinajstić information content (AvgIpc) is 2.34. The fourth-order valence-electron chi connectivity index (χ4n) is 2.22. The Bertz CT molecular complexity index is 389. The fourth-order valence-corrected chi connectivity index (χ4v) is 2.22. The van der Waals surface area contributed by atoms with Crippen molar-refractivity contribution in [2.24, 2.45) is 5.73 Å². The van der Waals surface area contributed by atoms with E-state index in [0.717, 1.165) is 0 Å². The van der Waals surface area contributed by atoms with Crippen molar-refractivity contribution in [1.82, 2.24) is 0 Å². The smallest absolute Gasteiger partial charge is 0.149 e. The molecular weight excluding hydrogens is 250 g/mol. The zero-order chi connectivity index (χ0) is 14.4. The molecule has 0 aliphatic heterocycles. The molecule has 0 saturated carbocycles. The molecule has 2 N–H and O–H groups in total. The third kappa shape index (κ3) is 3.88. The van der Waals surface area contributed by atoms with Crippen LogP contribution in [0.2, 0.25) is 0 Å². The van der Waals surface area contributed by atoms with Gasteiger partial charge >= 0.3 is 0 Å². The van der Waals surface area contributed by atoms with E-state index in [0.29, 0.717) is 31.7 Å². The van der Waals surface area contributed by atoms with Gasteiger partial charge in [0.2, 0.25) is 0 Å². The van der Waals surface area contributed by atoms with E-state index in [4.69, 9.17) is 10.5 Å². The predicted octanol–water partition coefficient (Wildman–Crippen LogP) is 2.33. The van der Waals surface area contributed by atoms with Gasteiger partial charge in [-0.05, 0) is 44.5 Å². The van der Waals surface area contributed by atoms with Gasteiger partial charge in [-0.2, -0.15) is 0 Å². The summed E-state index contributed by atoms with van der Waals surface area (Å²) in [6, 6.07) is 2.61. The number of hydrogen-bond acceptors (Lipinski definition) is 3. The third-order valence-corrected chi connectivity index (χ3v) is 3.08. The SMILES string of the molecule is CCN(c1c(F)cc(CCN)cc1F)C(C)COC. The normalized spacial score (nSPS) is 12.5. The quantitative estimate of drug-likeness (QED) is 0.828. The lowest BCUT2D eigenvalue weighted by Crippen LogP contribution is -2.37. The third-order valence-electron chi connectivity index (χ3n) is 3.08. The summed E-state index contributed by atoms with van der Waals surface area (Å²) in [6.45, 7) is 5.03. The number of halogens is 2. The number of hydrogen-bond donors (Lipinski definition) is 1. The minimum atomic E-state index is -0.548. The largest absolute Gasteiger partial charge is 0.383 e. The first-order valence-electron chi connectivity index (χ1n) is 6.48. The van der Waals surface area contributed by atoms with Gasteiger partial charge in [-0.3, -0.25) is 0 Å². The van der Waals surface area contributed by atoms with E-state index in [1.54, 1.807) is 12.0 Å². The van der Waals surface area contributed by atoms with Crippen LogP contribution in [0, 0.1) is 11.6 Å². The Labute approximate surface area is 113 Å². The van der Waals surface area contributed by atoms with Crippen molar-refractivity contribution < 1.29 is 13.5 Å². The molecule has 1 rings (SSSR count). The van der Waals surface area contributed by atoms with Crippen molar-refractivity contribution in [3.8, 4) is 0 Å². The maximum Gasteiger partial charge on any atom is 0.149 e. The van der Waals surface area contributed by atoms with Gasteiger partial charge in [0.25, 0.3) is 0 Å². The Morgan fingerprint density at radius 3 is 2.32 bits per heavy atom. The Morgan fingerprint density at radius 2 is 1.89 bits per heavy atom. The first-order chi connectivity index (χ1) is 9.04. The van der Waals surface area contributed by atoms with Crippen molar-refractivity contribution in [2.75, 3.05) is 31.7 Å². The molecule has 1 unspecified atom stereocenters. The number of anilines is 1. The van der Waals surface area contributed by atoms with Crippen LogP contribution in [0.15, 0.2) is 12.1 Å². The summed E-state index contributed by atoms with van der Waals surface area (Å²) in [5.74, 6) is -1.10. The summed E-state index contributed by atoms with van der Waals surface area (Å²) < 4.78 is 33.3. The molecule has 0 heterocycles. The number of benzene rings is 1. The second-order valence-electron chi connectivity index (χ2n) is 4.54. The molecule has 0 spiro atoms. The van der Waals surface area contributed by atoms with Gasteiger partial charge in [-0.25, -0.2) is 8.78 Å². The maximum atomic E-state index is 14.1. The highest BCUT2D eigenvalue weighted by Crippen LogP contribution is 2.26. The highest BCUT2D eigenvalue weighted by molar-refractivity contribution is 5.51. The van der Waals surface area contributed by atoms with Crippen molar-refractivity contribution >= 4 is 5.69 Å². The summed E-state index contributed by atoms with van der Waals surface area (Å²) in [6.07, 6.45) is 0.466. The highest BCUT2D eigenvalue weighted by atomic mass is 19.1. The van der Waals surface area contributed by atoms with Gasteiger partial charge in [0.05, 0.1) is 6.61 Å². The Balaban J connectivity index is 3.10. The zero-order valence-electron chi connectivity index (χ0n) is 11.7. The minimum absolute atomic E-state index is 0.00724. The predicted molar refractivity (Wildman–Crippen MR) is 73.5 cm³/mol. The molecule has 3 nitrogen and oxygen atoms in total. The van der Waals surface area contributed by atoms with Crippen LogP contribution in [-0.4, -0.2) is 32.8 Å².